The van der Waals surface area contributed by atoms with Gasteiger partial charge in [-0.05, 0) is 18.6 Å². The van der Waals surface area contributed by atoms with Gasteiger partial charge < -0.3 is 24.4 Å². The van der Waals surface area contributed by atoms with Crippen molar-refractivity contribution in [2.24, 2.45) is 0 Å². The van der Waals surface area contributed by atoms with E-state index in [9.17, 15) is 15.0 Å². The Kier molecular flexibility index (Phi) is 2.88. The third kappa shape index (κ3) is 1.89. The number of aromatic hydroxyl groups is 2. The molecule has 0 saturated carbocycles. The Labute approximate surface area is 149 Å². The van der Waals surface area contributed by atoms with Crippen LogP contribution in [0.2, 0.25) is 0 Å². The average Bonchev–Trinajstić information content (AvgIpc) is 3.15. The molecular weight excluding hydrogens is 336 g/mol. The predicted molar refractivity (Wildman–Crippen MR) is 91.3 cm³/mol. The maximum Gasteiger partial charge on any atom is 0.255 e. The Morgan fingerprint density at radius 3 is 2.65 bits per heavy atom. The third-order valence-corrected chi connectivity index (χ3v) is 5.16. The molecule has 26 heavy (non-hydrogen) atoms. The van der Waals surface area contributed by atoms with Crippen LogP contribution in [0.4, 0.5) is 0 Å². The number of Topliss-reactive ketones (excluding diaryl/α,β-unsaturated/α-hetero) is 1. The minimum Gasteiger partial charge on any atom is -0.508 e. The Balaban J connectivity index is 1.61. The van der Waals surface area contributed by atoms with E-state index in [0.29, 0.717) is 29.0 Å². The van der Waals surface area contributed by atoms with E-state index in [4.69, 9.17) is 14.2 Å². The fourth-order valence-corrected chi connectivity index (χ4v) is 3.81. The van der Waals surface area contributed by atoms with Crippen molar-refractivity contribution in [3.05, 3.63) is 53.1 Å². The lowest BCUT2D eigenvalue weighted by Gasteiger charge is -2.27. The first-order chi connectivity index (χ1) is 12.4. The van der Waals surface area contributed by atoms with Crippen LogP contribution in [0.25, 0.3) is 0 Å². The van der Waals surface area contributed by atoms with Crippen LogP contribution in [0.1, 0.15) is 34.3 Å². The molecule has 3 atom stereocenters. The molecule has 0 aromatic heterocycles. The van der Waals surface area contributed by atoms with Crippen LogP contribution in [-0.2, 0) is 6.42 Å². The SMILES string of the molecule is C=C(C)C1Cc2c(cc3c(c2O)C(=O)C2c4ccc(O)cc4OC2O3)O1. The van der Waals surface area contributed by atoms with Gasteiger partial charge in [-0.2, -0.15) is 0 Å². The molecule has 2 N–H and O–H groups in total. The Bertz CT molecular complexity index is 992. The van der Waals surface area contributed by atoms with Gasteiger partial charge in [0.2, 0.25) is 0 Å². The molecule has 132 valence electrons. The molecule has 0 saturated heterocycles. The Hall–Kier alpha value is -3.15. The smallest absolute Gasteiger partial charge is 0.255 e. The van der Waals surface area contributed by atoms with Crippen molar-refractivity contribution in [3.63, 3.8) is 0 Å². The largest absolute Gasteiger partial charge is 0.508 e. The maximum absolute atomic E-state index is 13.1. The lowest BCUT2D eigenvalue weighted by molar-refractivity contribution is -0.000974. The standard InChI is InChI=1S/C20H16O6/c1-8(2)12-6-11-14(24-12)7-15-17(18(11)22)19(23)16-10-4-3-9(21)5-13(10)25-20(16)26-15/h3-5,7,12,16,20-22H,1,6H2,2H3. The molecule has 2 aromatic carbocycles. The fraction of sp³-hybridized carbons (Fsp3) is 0.250. The molecule has 6 heteroatoms. The molecule has 0 bridgehead atoms. The molecule has 6 nitrogen and oxygen atoms in total. The minimum atomic E-state index is -0.831. The van der Waals surface area contributed by atoms with Crippen LogP contribution in [0.3, 0.4) is 0 Å². The predicted octanol–water partition coefficient (Wildman–Crippen LogP) is 3.05. The lowest BCUT2D eigenvalue weighted by atomic mass is 9.87. The first kappa shape index (κ1) is 15.1. The summed E-state index contributed by atoms with van der Waals surface area (Å²) in [5.41, 5.74) is 2.23. The molecule has 3 aliphatic rings. The van der Waals surface area contributed by atoms with E-state index in [1.165, 1.54) is 12.1 Å². The van der Waals surface area contributed by atoms with Crippen LogP contribution in [0.15, 0.2) is 36.4 Å². The second-order valence-corrected chi connectivity index (χ2v) is 6.90. The molecule has 3 heterocycles. The number of carbonyl (C=O) groups is 1. The van der Waals surface area contributed by atoms with E-state index in [1.807, 2.05) is 6.92 Å². The van der Waals surface area contributed by atoms with Gasteiger partial charge in [-0.15, -0.1) is 0 Å². The molecule has 0 amide bonds. The number of fused-ring (bicyclic) bond motifs is 5. The lowest BCUT2D eigenvalue weighted by Crippen LogP contribution is -2.35. The molecule has 0 aliphatic carbocycles. The van der Waals surface area contributed by atoms with Gasteiger partial charge in [0.15, 0.2) is 5.78 Å². The number of hydrogen-bond donors (Lipinski definition) is 2. The first-order valence-corrected chi connectivity index (χ1v) is 8.35. The summed E-state index contributed by atoms with van der Waals surface area (Å²) < 4.78 is 17.4. The summed E-state index contributed by atoms with van der Waals surface area (Å²) in [5, 5.41) is 20.4. The summed E-state index contributed by atoms with van der Waals surface area (Å²) in [6.45, 7) is 5.76. The van der Waals surface area contributed by atoms with Gasteiger partial charge in [0, 0.05) is 29.7 Å². The summed E-state index contributed by atoms with van der Waals surface area (Å²) in [7, 11) is 0. The normalized spacial score (nSPS) is 24.5. The van der Waals surface area contributed by atoms with E-state index in [-0.39, 0.29) is 34.7 Å². The zero-order valence-corrected chi connectivity index (χ0v) is 14.0. The van der Waals surface area contributed by atoms with Crippen molar-refractivity contribution in [3.8, 4) is 28.7 Å². The summed E-state index contributed by atoms with van der Waals surface area (Å²) >= 11 is 0. The van der Waals surface area contributed by atoms with E-state index < -0.39 is 12.2 Å². The molecule has 0 fully saturated rings. The number of ketones is 1. The second-order valence-electron chi connectivity index (χ2n) is 6.90. The van der Waals surface area contributed by atoms with Crippen molar-refractivity contribution in [2.75, 3.05) is 0 Å². The highest BCUT2D eigenvalue weighted by Crippen LogP contribution is 2.52. The minimum absolute atomic E-state index is 0.0495. The number of benzene rings is 2. The van der Waals surface area contributed by atoms with Crippen molar-refractivity contribution < 1.29 is 29.2 Å². The number of carbonyl (C=O) groups excluding carboxylic acids is 1. The molecule has 0 spiro atoms. The molecule has 5 rings (SSSR count). The Morgan fingerprint density at radius 1 is 1.12 bits per heavy atom. The highest BCUT2D eigenvalue weighted by Gasteiger charge is 2.48. The van der Waals surface area contributed by atoms with Gasteiger partial charge in [-0.3, -0.25) is 4.79 Å². The van der Waals surface area contributed by atoms with E-state index >= 15 is 0 Å². The Morgan fingerprint density at radius 2 is 1.88 bits per heavy atom. The highest BCUT2D eigenvalue weighted by atomic mass is 16.7. The highest BCUT2D eigenvalue weighted by molar-refractivity contribution is 6.08. The van der Waals surface area contributed by atoms with Gasteiger partial charge in [0.25, 0.3) is 6.29 Å². The van der Waals surface area contributed by atoms with Gasteiger partial charge in [-0.1, -0.05) is 12.6 Å². The first-order valence-electron chi connectivity index (χ1n) is 8.35. The van der Waals surface area contributed by atoms with Gasteiger partial charge in [0.1, 0.15) is 46.3 Å². The fourth-order valence-electron chi connectivity index (χ4n) is 3.81. The third-order valence-electron chi connectivity index (χ3n) is 5.16. The number of rotatable bonds is 1. The van der Waals surface area contributed by atoms with Crippen LogP contribution >= 0.6 is 0 Å². The molecule has 3 aliphatic heterocycles. The van der Waals surface area contributed by atoms with Crippen molar-refractivity contribution in [2.45, 2.75) is 31.7 Å². The second kappa shape index (κ2) is 4.94. The summed E-state index contributed by atoms with van der Waals surface area (Å²) in [6.07, 6.45) is -0.594. The van der Waals surface area contributed by atoms with Gasteiger partial charge >= 0.3 is 0 Å². The molecule has 2 aromatic rings. The summed E-state index contributed by atoms with van der Waals surface area (Å²) in [4.78, 5) is 13.1. The summed E-state index contributed by atoms with van der Waals surface area (Å²) in [5.74, 6) is 0.152. The van der Waals surface area contributed by atoms with Gasteiger partial charge in [0.05, 0.1) is 0 Å². The number of ether oxygens (including phenoxy) is 3. The van der Waals surface area contributed by atoms with E-state index in [0.717, 1.165) is 5.57 Å². The monoisotopic (exact) mass is 352 g/mol. The van der Waals surface area contributed by atoms with Gasteiger partial charge in [-0.25, -0.2) is 0 Å². The average molecular weight is 352 g/mol. The van der Waals surface area contributed by atoms with E-state index in [2.05, 4.69) is 6.58 Å². The van der Waals surface area contributed by atoms with Crippen LogP contribution < -0.4 is 14.2 Å². The van der Waals surface area contributed by atoms with Crippen molar-refractivity contribution >= 4 is 5.78 Å². The number of hydrogen-bond acceptors (Lipinski definition) is 6. The van der Waals surface area contributed by atoms with Crippen molar-refractivity contribution in [1.29, 1.82) is 0 Å². The zero-order chi connectivity index (χ0) is 18.2. The van der Waals surface area contributed by atoms with Crippen LogP contribution in [0, 0.1) is 0 Å². The quantitative estimate of drug-likeness (QED) is 0.768. The zero-order valence-electron chi connectivity index (χ0n) is 14.0. The van der Waals surface area contributed by atoms with Crippen LogP contribution in [0.5, 0.6) is 28.7 Å². The molecular formula is C20H16O6. The number of phenols is 2. The molecule has 0 radical (unpaired) electrons. The topological polar surface area (TPSA) is 85.2 Å². The van der Waals surface area contributed by atoms with E-state index in [1.54, 1.807) is 12.1 Å². The van der Waals surface area contributed by atoms with Crippen molar-refractivity contribution in [1.82, 2.24) is 0 Å². The number of phenolic OH excluding ortho intramolecular Hbond substituents is 2. The summed E-state index contributed by atoms with van der Waals surface area (Å²) in [6, 6.07) is 6.23. The maximum atomic E-state index is 13.1. The van der Waals surface area contributed by atoms with Crippen LogP contribution in [-0.4, -0.2) is 28.4 Å². The molecule has 3 unspecified atom stereocenters.